The molecule has 4 aromatic rings. The van der Waals surface area contributed by atoms with E-state index in [0.29, 0.717) is 17.7 Å². The Balaban J connectivity index is 1.47. The Morgan fingerprint density at radius 1 is 1.00 bits per heavy atom. The summed E-state index contributed by atoms with van der Waals surface area (Å²) >= 11 is 0. The molecule has 1 aliphatic rings. The van der Waals surface area contributed by atoms with Gasteiger partial charge in [-0.25, -0.2) is 8.78 Å². The molecule has 0 atom stereocenters. The van der Waals surface area contributed by atoms with Crippen LogP contribution in [-0.2, 0) is 6.54 Å². The van der Waals surface area contributed by atoms with Crippen LogP contribution in [0.5, 0.6) is 0 Å². The Morgan fingerprint density at radius 3 is 2.53 bits per heavy atom. The fraction of sp³-hybridized carbons (Fsp3) is 0.250. The van der Waals surface area contributed by atoms with Crippen LogP contribution in [-0.4, -0.2) is 46.9 Å². The number of aromatic nitrogens is 1. The molecule has 1 aliphatic heterocycles. The fourth-order valence-corrected chi connectivity index (χ4v) is 4.74. The van der Waals surface area contributed by atoms with Crippen LogP contribution in [0.2, 0.25) is 0 Å². The number of halogens is 2. The first-order chi connectivity index (χ1) is 16.5. The first-order valence-corrected chi connectivity index (χ1v) is 11.6. The molecule has 0 bridgehead atoms. The van der Waals surface area contributed by atoms with E-state index in [2.05, 4.69) is 16.9 Å². The molecule has 0 spiro atoms. The van der Waals surface area contributed by atoms with Crippen LogP contribution in [0, 0.1) is 11.6 Å². The number of piperidine rings is 1. The van der Waals surface area contributed by atoms with Crippen molar-refractivity contribution < 1.29 is 13.6 Å². The third-order valence-corrected chi connectivity index (χ3v) is 6.73. The Morgan fingerprint density at radius 2 is 1.76 bits per heavy atom. The largest absolute Gasteiger partial charge is 0.361 e. The van der Waals surface area contributed by atoms with Gasteiger partial charge in [-0.2, -0.15) is 0 Å². The van der Waals surface area contributed by atoms with Gasteiger partial charge in [0.15, 0.2) is 0 Å². The topological polar surface area (TPSA) is 39.3 Å². The van der Waals surface area contributed by atoms with Crippen LogP contribution in [0.1, 0.15) is 28.8 Å². The van der Waals surface area contributed by atoms with E-state index in [0.717, 1.165) is 48.0 Å². The summed E-state index contributed by atoms with van der Waals surface area (Å²) in [7, 11) is 2.08. The highest BCUT2D eigenvalue weighted by atomic mass is 19.1. The lowest BCUT2D eigenvalue weighted by Crippen LogP contribution is -2.46. The SMILES string of the molecule is CN1CCC(N(Cc2ccc(F)c(-c3ccc4[nH]ccc4c3)c2)C(=O)c2ccc(F)cc2)CC1. The lowest BCUT2D eigenvalue weighted by Gasteiger charge is -2.37. The minimum Gasteiger partial charge on any atom is -0.361 e. The number of carbonyl (C=O) groups excluding carboxylic acids is 1. The predicted octanol–water partition coefficient (Wildman–Crippen LogP) is 5.85. The number of likely N-dealkylation sites (tertiary alicyclic amines) is 1. The van der Waals surface area contributed by atoms with Gasteiger partial charge < -0.3 is 14.8 Å². The number of rotatable bonds is 5. The molecule has 1 aromatic heterocycles. The van der Waals surface area contributed by atoms with Crippen LogP contribution in [0.25, 0.3) is 22.0 Å². The van der Waals surface area contributed by atoms with E-state index < -0.39 is 0 Å². The molecule has 1 N–H and O–H groups in total. The van der Waals surface area contributed by atoms with Gasteiger partial charge in [0.1, 0.15) is 11.6 Å². The number of H-pyrrole nitrogens is 1. The van der Waals surface area contributed by atoms with E-state index >= 15 is 0 Å². The van der Waals surface area contributed by atoms with Gasteiger partial charge >= 0.3 is 0 Å². The maximum atomic E-state index is 14.8. The van der Waals surface area contributed by atoms with Gasteiger partial charge in [0.25, 0.3) is 5.91 Å². The molecule has 1 amide bonds. The van der Waals surface area contributed by atoms with E-state index in [1.165, 1.54) is 30.3 Å². The third kappa shape index (κ3) is 4.59. The maximum Gasteiger partial charge on any atom is 0.254 e. The molecule has 0 unspecified atom stereocenters. The van der Waals surface area contributed by atoms with Crippen LogP contribution < -0.4 is 0 Å². The van der Waals surface area contributed by atoms with Crippen molar-refractivity contribution in [3.8, 4) is 11.1 Å². The summed E-state index contributed by atoms with van der Waals surface area (Å²) in [6, 6.07) is 18.6. The van der Waals surface area contributed by atoms with Gasteiger partial charge in [-0.15, -0.1) is 0 Å². The maximum absolute atomic E-state index is 14.8. The van der Waals surface area contributed by atoms with E-state index in [-0.39, 0.29) is 23.6 Å². The second kappa shape index (κ2) is 9.39. The fourth-order valence-electron chi connectivity index (χ4n) is 4.74. The molecule has 3 aromatic carbocycles. The van der Waals surface area contributed by atoms with Crippen molar-refractivity contribution in [2.75, 3.05) is 20.1 Å². The Kier molecular flexibility index (Phi) is 6.16. The molecule has 4 nitrogen and oxygen atoms in total. The second-order valence-electron chi connectivity index (χ2n) is 9.07. The number of benzene rings is 3. The van der Waals surface area contributed by atoms with Gasteiger partial charge in [0.2, 0.25) is 0 Å². The minimum absolute atomic E-state index is 0.0680. The van der Waals surface area contributed by atoms with Crippen molar-refractivity contribution >= 4 is 16.8 Å². The number of nitrogens with zero attached hydrogens (tertiary/aromatic N) is 2. The zero-order chi connectivity index (χ0) is 23.7. The molecule has 1 fully saturated rings. The summed E-state index contributed by atoms with van der Waals surface area (Å²) < 4.78 is 28.3. The van der Waals surface area contributed by atoms with Crippen LogP contribution in [0.15, 0.2) is 72.9 Å². The number of amides is 1. The molecule has 0 radical (unpaired) electrons. The predicted molar refractivity (Wildman–Crippen MR) is 130 cm³/mol. The minimum atomic E-state index is -0.370. The van der Waals surface area contributed by atoms with Crippen molar-refractivity contribution in [3.63, 3.8) is 0 Å². The monoisotopic (exact) mass is 459 g/mol. The molecule has 5 rings (SSSR count). The summed E-state index contributed by atoms with van der Waals surface area (Å²) in [4.78, 5) is 20.8. The average molecular weight is 460 g/mol. The molecular weight excluding hydrogens is 432 g/mol. The highest BCUT2D eigenvalue weighted by Crippen LogP contribution is 2.29. The van der Waals surface area contributed by atoms with E-state index in [4.69, 9.17) is 0 Å². The molecule has 0 saturated carbocycles. The summed E-state index contributed by atoms with van der Waals surface area (Å²) in [6.07, 6.45) is 3.59. The summed E-state index contributed by atoms with van der Waals surface area (Å²) in [5, 5.41) is 1.02. The number of hydrogen-bond donors (Lipinski definition) is 1. The molecule has 2 heterocycles. The van der Waals surface area contributed by atoms with Crippen molar-refractivity contribution in [1.82, 2.24) is 14.8 Å². The number of fused-ring (bicyclic) bond motifs is 1. The summed E-state index contributed by atoms with van der Waals surface area (Å²) in [5.74, 6) is -0.798. The van der Waals surface area contributed by atoms with Crippen molar-refractivity contribution in [3.05, 3.63) is 95.7 Å². The van der Waals surface area contributed by atoms with Gasteiger partial charge in [-0.3, -0.25) is 4.79 Å². The van der Waals surface area contributed by atoms with Crippen molar-refractivity contribution in [2.24, 2.45) is 0 Å². The Labute approximate surface area is 197 Å². The number of aromatic amines is 1. The van der Waals surface area contributed by atoms with Gasteiger partial charge in [0, 0.05) is 35.4 Å². The number of carbonyl (C=O) groups is 1. The quantitative estimate of drug-likeness (QED) is 0.407. The van der Waals surface area contributed by atoms with Crippen molar-refractivity contribution in [1.29, 1.82) is 0 Å². The standard InChI is InChI=1S/C28H27F2N3O/c1-32-14-11-24(12-15-32)33(28(34)20-3-6-23(29)7-4-20)18-19-2-8-26(30)25(16-19)21-5-9-27-22(17-21)10-13-31-27/h2-10,13,16-17,24,31H,11-12,14-15,18H2,1H3. The zero-order valence-corrected chi connectivity index (χ0v) is 19.1. The normalized spacial score (nSPS) is 15.0. The van der Waals surface area contributed by atoms with Gasteiger partial charge in [0.05, 0.1) is 0 Å². The highest BCUT2D eigenvalue weighted by Gasteiger charge is 2.28. The first kappa shape index (κ1) is 22.3. The third-order valence-electron chi connectivity index (χ3n) is 6.73. The molecule has 6 heteroatoms. The first-order valence-electron chi connectivity index (χ1n) is 11.6. The molecular formula is C28H27F2N3O. The average Bonchev–Trinajstić information content (AvgIpc) is 3.32. The summed E-state index contributed by atoms with van der Waals surface area (Å²) in [6.45, 7) is 2.18. The highest BCUT2D eigenvalue weighted by molar-refractivity contribution is 5.94. The van der Waals surface area contributed by atoms with E-state index in [9.17, 15) is 13.6 Å². The van der Waals surface area contributed by atoms with E-state index in [1.54, 1.807) is 6.07 Å². The van der Waals surface area contributed by atoms with Crippen LogP contribution in [0.4, 0.5) is 8.78 Å². The smallest absolute Gasteiger partial charge is 0.254 e. The van der Waals surface area contributed by atoms with Crippen LogP contribution >= 0.6 is 0 Å². The lowest BCUT2D eigenvalue weighted by atomic mass is 9.98. The molecule has 0 aliphatic carbocycles. The van der Waals surface area contributed by atoms with Gasteiger partial charge in [-0.05, 0) is 104 Å². The Hall–Kier alpha value is -3.51. The van der Waals surface area contributed by atoms with E-state index in [1.807, 2.05) is 41.4 Å². The number of nitrogens with one attached hydrogen (secondary N) is 1. The lowest BCUT2D eigenvalue weighted by molar-refractivity contribution is 0.0569. The van der Waals surface area contributed by atoms with Crippen LogP contribution in [0.3, 0.4) is 0 Å². The van der Waals surface area contributed by atoms with Crippen molar-refractivity contribution in [2.45, 2.75) is 25.4 Å². The number of hydrogen-bond acceptors (Lipinski definition) is 2. The molecule has 174 valence electrons. The molecule has 1 saturated heterocycles. The Bertz CT molecular complexity index is 1310. The zero-order valence-electron chi connectivity index (χ0n) is 19.1. The summed E-state index contributed by atoms with van der Waals surface area (Å²) in [5.41, 5.74) is 3.62. The second-order valence-corrected chi connectivity index (χ2v) is 9.07. The molecule has 34 heavy (non-hydrogen) atoms. The van der Waals surface area contributed by atoms with Gasteiger partial charge in [-0.1, -0.05) is 12.1 Å².